The van der Waals surface area contributed by atoms with Gasteiger partial charge in [-0.15, -0.1) is 6.42 Å². The first-order valence-corrected chi connectivity index (χ1v) is 5.62. The molecule has 15 heavy (non-hydrogen) atoms. The van der Waals surface area contributed by atoms with E-state index < -0.39 is 0 Å². The Bertz CT molecular complexity index is 357. The van der Waals surface area contributed by atoms with Gasteiger partial charge in [-0.3, -0.25) is 0 Å². The summed E-state index contributed by atoms with van der Waals surface area (Å²) >= 11 is 3.49. The first-order chi connectivity index (χ1) is 7.27. The van der Waals surface area contributed by atoms with Crippen LogP contribution in [0.2, 0.25) is 0 Å². The molecule has 0 spiro atoms. The number of terminal acetylenes is 1. The lowest BCUT2D eigenvalue weighted by Gasteiger charge is -2.08. The van der Waals surface area contributed by atoms with Gasteiger partial charge in [0.1, 0.15) is 12.4 Å². The number of benzene rings is 1. The van der Waals surface area contributed by atoms with Crippen LogP contribution in [-0.4, -0.2) is 13.2 Å². The Hall–Kier alpha value is -0.980. The first-order valence-electron chi connectivity index (χ1n) is 4.83. The first kappa shape index (κ1) is 12.1. The zero-order valence-corrected chi connectivity index (χ0v) is 10.3. The molecular weight excluding hydrogens is 254 g/mol. The number of ether oxygens (including phenoxy) is 1. The molecule has 0 unspecified atom stereocenters. The minimum atomic E-state index is 0.308. The van der Waals surface area contributed by atoms with Gasteiger partial charge in [0, 0.05) is 11.0 Å². The van der Waals surface area contributed by atoms with Crippen LogP contribution in [0.25, 0.3) is 0 Å². The van der Waals surface area contributed by atoms with Gasteiger partial charge < -0.3 is 10.1 Å². The lowest BCUT2D eigenvalue weighted by atomic mass is 10.2. The number of hydrogen-bond acceptors (Lipinski definition) is 2. The molecule has 1 rings (SSSR count). The van der Waals surface area contributed by atoms with Crippen LogP contribution in [0.1, 0.15) is 12.5 Å². The van der Waals surface area contributed by atoms with Crippen LogP contribution >= 0.6 is 15.9 Å². The minimum Gasteiger partial charge on any atom is -0.481 e. The van der Waals surface area contributed by atoms with Gasteiger partial charge in [-0.05, 0) is 30.3 Å². The smallest absolute Gasteiger partial charge is 0.148 e. The molecule has 0 saturated carbocycles. The van der Waals surface area contributed by atoms with Crippen molar-refractivity contribution in [1.82, 2.24) is 5.32 Å². The van der Waals surface area contributed by atoms with Gasteiger partial charge >= 0.3 is 0 Å². The molecule has 0 bridgehead atoms. The topological polar surface area (TPSA) is 21.3 Å². The van der Waals surface area contributed by atoms with E-state index >= 15 is 0 Å². The zero-order valence-electron chi connectivity index (χ0n) is 8.72. The highest BCUT2D eigenvalue weighted by atomic mass is 79.9. The molecule has 1 N–H and O–H groups in total. The normalized spacial score (nSPS) is 9.67. The van der Waals surface area contributed by atoms with Crippen molar-refractivity contribution >= 4 is 15.9 Å². The Balaban J connectivity index is 2.72. The van der Waals surface area contributed by atoms with Crippen molar-refractivity contribution in [2.45, 2.75) is 13.5 Å². The summed E-state index contributed by atoms with van der Waals surface area (Å²) in [5.74, 6) is 3.25. The molecule has 0 saturated heterocycles. The molecule has 3 heteroatoms. The molecule has 0 aliphatic carbocycles. The average Bonchev–Trinajstić information content (AvgIpc) is 2.26. The highest BCUT2D eigenvalue weighted by molar-refractivity contribution is 9.10. The van der Waals surface area contributed by atoms with E-state index in [-0.39, 0.29) is 0 Å². The molecule has 80 valence electrons. The fraction of sp³-hybridized carbons (Fsp3) is 0.333. The molecule has 0 fully saturated rings. The third-order valence-electron chi connectivity index (χ3n) is 1.90. The van der Waals surface area contributed by atoms with Gasteiger partial charge in [0.25, 0.3) is 0 Å². The van der Waals surface area contributed by atoms with Crippen molar-refractivity contribution in [2.75, 3.05) is 13.2 Å². The maximum atomic E-state index is 5.35. The summed E-state index contributed by atoms with van der Waals surface area (Å²) in [6, 6.07) is 5.86. The molecule has 2 nitrogen and oxygen atoms in total. The summed E-state index contributed by atoms with van der Waals surface area (Å²) in [6.07, 6.45) is 5.13. The van der Waals surface area contributed by atoms with Crippen LogP contribution in [0.5, 0.6) is 5.75 Å². The quantitative estimate of drug-likeness (QED) is 0.829. The van der Waals surface area contributed by atoms with E-state index in [2.05, 4.69) is 34.1 Å². The molecule has 0 amide bonds. The lowest BCUT2D eigenvalue weighted by Crippen LogP contribution is -2.12. The number of halogens is 1. The van der Waals surface area contributed by atoms with Crippen molar-refractivity contribution in [3.63, 3.8) is 0 Å². The molecule has 0 aliphatic rings. The van der Waals surface area contributed by atoms with E-state index in [0.29, 0.717) is 6.61 Å². The van der Waals surface area contributed by atoms with Crippen molar-refractivity contribution in [2.24, 2.45) is 0 Å². The Labute approximate surface area is 99.2 Å². The molecule has 0 aliphatic heterocycles. The SMILES string of the molecule is C#CCOc1ccc(Br)c(CNCC)c1. The molecule has 0 aromatic heterocycles. The van der Waals surface area contributed by atoms with Gasteiger partial charge in [0.15, 0.2) is 0 Å². The molecule has 0 radical (unpaired) electrons. The average molecular weight is 268 g/mol. The van der Waals surface area contributed by atoms with Gasteiger partial charge in [-0.1, -0.05) is 28.8 Å². The molecule has 1 aromatic rings. The Morgan fingerprint density at radius 1 is 1.53 bits per heavy atom. The van der Waals surface area contributed by atoms with Gasteiger partial charge in [-0.2, -0.15) is 0 Å². The van der Waals surface area contributed by atoms with Gasteiger partial charge in [0.2, 0.25) is 0 Å². The van der Waals surface area contributed by atoms with E-state index in [1.807, 2.05) is 18.2 Å². The summed E-state index contributed by atoms with van der Waals surface area (Å²) in [5.41, 5.74) is 1.17. The second-order valence-electron chi connectivity index (χ2n) is 3.03. The Morgan fingerprint density at radius 2 is 2.33 bits per heavy atom. The fourth-order valence-corrected chi connectivity index (χ4v) is 1.55. The van der Waals surface area contributed by atoms with E-state index in [9.17, 15) is 0 Å². The van der Waals surface area contributed by atoms with Crippen LogP contribution in [0.4, 0.5) is 0 Å². The summed E-state index contributed by atoms with van der Waals surface area (Å²) in [6.45, 7) is 4.15. The standard InChI is InChI=1S/C12H14BrNO/c1-3-7-15-11-5-6-12(13)10(8-11)9-14-4-2/h1,5-6,8,14H,4,7,9H2,2H3. The zero-order chi connectivity index (χ0) is 11.1. The van der Waals surface area contributed by atoms with Crippen LogP contribution < -0.4 is 10.1 Å². The number of hydrogen-bond donors (Lipinski definition) is 1. The Kier molecular flexibility index (Phi) is 5.23. The highest BCUT2D eigenvalue weighted by Gasteiger charge is 2.01. The van der Waals surface area contributed by atoms with E-state index in [1.54, 1.807) is 0 Å². The van der Waals surface area contributed by atoms with Gasteiger partial charge in [-0.25, -0.2) is 0 Å². The monoisotopic (exact) mass is 267 g/mol. The predicted molar refractivity (Wildman–Crippen MR) is 65.9 cm³/mol. The van der Waals surface area contributed by atoms with Crippen LogP contribution in [0, 0.1) is 12.3 Å². The second-order valence-corrected chi connectivity index (χ2v) is 3.88. The maximum Gasteiger partial charge on any atom is 0.148 e. The minimum absolute atomic E-state index is 0.308. The van der Waals surface area contributed by atoms with Crippen LogP contribution in [-0.2, 0) is 6.54 Å². The maximum absolute atomic E-state index is 5.35. The molecule has 1 aromatic carbocycles. The van der Waals surface area contributed by atoms with Crippen molar-refractivity contribution < 1.29 is 4.74 Å². The third kappa shape index (κ3) is 3.94. The Morgan fingerprint density at radius 3 is 3.00 bits per heavy atom. The van der Waals surface area contributed by atoms with Crippen LogP contribution in [0.3, 0.4) is 0 Å². The largest absolute Gasteiger partial charge is 0.481 e. The molecular formula is C12H14BrNO. The van der Waals surface area contributed by atoms with Crippen LogP contribution in [0.15, 0.2) is 22.7 Å². The van der Waals surface area contributed by atoms with Crippen molar-refractivity contribution in [3.8, 4) is 18.1 Å². The summed E-state index contributed by atoms with van der Waals surface area (Å²) < 4.78 is 6.43. The summed E-state index contributed by atoms with van der Waals surface area (Å²) in [5, 5.41) is 3.26. The molecule has 0 atom stereocenters. The van der Waals surface area contributed by atoms with Crippen molar-refractivity contribution in [3.05, 3.63) is 28.2 Å². The molecule has 0 heterocycles. The van der Waals surface area contributed by atoms with Crippen molar-refractivity contribution in [1.29, 1.82) is 0 Å². The van der Waals surface area contributed by atoms with E-state index in [1.165, 1.54) is 5.56 Å². The third-order valence-corrected chi connectivity index (χ3v) is 2.68. The summed E-state index contributed by atoms with van der Waals surface area (Å²) in [7, 11) is 0. The van der Waals surface area contributed by atoms with E-state index in [4.69, 9.17) is 11.2 Å². The van der Waals surface area contributed by atoms with Gasteiger partial charge in [0.05, 0.1) is 0 Å². The number of rotatable bonds is 5. The lowest BCUT2D eigenvalue weighted by molar-refractivity contribution is 0.370. The number of nitrogens with one attached hydrogen (secondary N) is 1. The highest BCUT2D eigenvalue weighted by Crippen LogP contribution is 2.22. The van der Waals surface area contributed by atoms with E-state index in [0.717, 1.165) is 23.3 Å². The summed E-state index contributed by atoms with van der Waals surface area (Å²) in [4.78, 5) is 0. The fourth-order valence-electron chi connectivity index (χ4n) is 1.16. The second kappa shape index (κ2) is 6.49. The predicted octanol–water partition coefficient (Wildman–Crippen LogP) is 2.57.